The molecule has 74 valence electrons. The third-order valence-corrected chi connectivity index (χ3v) is 3.04. The number of hydrogen-bond acceptors (Lipinski definition) is 3. The van der Waals surface area contributed by atoms with Crippen LogP contribution in [0.3, 0.4) is 0 Å². The van der Waals surface area contributed by atoms with Crippen LogP contribution in [-0.2, 0) is 0 Å². The minimum Gasteiger partial charge on any atom is -0.332 e. The lowest BCUT2D eigenvalue weighted by molar-refractivity contribution is 1.01. The quantitative estimate of drug-likeness (QED) is 0.501. The Kier molecular flexibility index (Phi) is 1.89. The molecule has 0 fully saturated rings. The number of benzene rings is 1. The summed E-state index contributed by atoms with van der Waals surface area (Å²) >= 11 is 1.60. The number of aromatic nitrogens is 3. The molecule has 4 heteroatoms. The molecular weight excluding hydrogens is 206 g/mol. The van der Waals surface area contributed by atoms with E-state index in [-0.39, 0.29) is 0 Å². The molecule has 0 bridgehead atoms. The monoisotopic (exact) mass is 215 g/mol. The predicted molar refractivity (Wildman–Crippen MR) is 63.2 cm³/mol. The molecule has 1 N–H and O–H groups in total. The van der Waals surface area contributed by atoms with Crippen molar-refractivity contribution < 1.29 is 0 Å². The molecule has 0 saturated heterocycles. The Balaban J connectivity index is 2.48. The molecule has 0 radical (unpaired) electrons. The van der Waals surface area contributed by atoms with E-state index in [0.29, 0.717) is 0 Å². The largest absolute Gasteiger partial charge is 0.332 e. The summed E-state index contributed by atoms with van der Waals surface area (Å²) in [6.45, 7) is 0. The number of rotatable bonds is 1. The van der Waals surface area contributed by atoms with Gasteiger partial charge in [0, 0.05) is 23.2 Å². The van der Waals surface area contributed by atoms with E-state index in [4.69, 9.17) is 0 Å². The zero-order valence-electron chi connectivity index (χ0n) is 8.19. The number of thioether (sulfide) groups is 1. The molecule has 1 aromatic carbocycles. The maximum absolute atomic E-state index is 4.35. The highest BCUT2D eigenvalue weighted by Crippen LogP contribution is 2.23. The zero-order valence-corrected chi connectivity index (χ0v) is 9.01. The van der Waals surface area contributed by atoms with E-state index < -0.39 is 0 Å². The van der Waals surface area contributed by atoms with Gasteiger partial charge in [0.05, 0.1) is 11.0 Å². The number of H-pyrrole nitrogens is 1. The fourth-order valence-electron chi connectivity index (χ4n) is 1.70. The van der Waals surface area contributed by atoms with Crippen LogP contribution in [0.15, 0.2) is 35.7 Å². The second kappa shape index (κ2) is 3.24. The first kappa shape index (κ1) is 8.73. The van der Waals surface area contributed by atoms with Gasteiger partial charge in [-0.25, -0.2) is 4.98 Å². The molecule has 0 spiro atoms. The van der Waals surface area contributed by atoms with Crippen LogP contribution in [0.1, 0.15) is 0 Å². The van der Waals surface area contributed by atoms with E-state index in [1.165, 1.54) is 0 Å². The first-order valence-corrected chi connectivity index (χ1v) is 5.87. The van der Waals surface area contributed by atoms with Gasteiger partial charge in [0.2, 0.25) is 0 Å². The highest BCUT2D eigenvalue weighted by Gasteiger charge is 2.03. The smallest absolute Gasteiger partial charge is 0.165 e. The van der Waals surface area contributed by atoms with Crippen LogP contribution in [0.25, 0.3) is 21.8 Å². The molecular formula is C11H9N3S. The molecule has 2 heterocycles. The van der Waals surface area contributed by atoms with Crippen molar-refractivity contribution in [3.8, 4) is 0 Å². The summed E-state index contributed by atoms with van der Waals surface area (Å²) in [6.07, 6.45) is 5.71. The Hall–Kier alpha value is -1.55. The number of aromatic amines is 1. The third kappa shape index (κ3) is 1.29. The van der Waals surface area contributed by atoms with Crippen LogP contribution in [-0.4, -0.2) is 21.2 Å². The fraction of sp³-hybridized carbons (Fsp3) is 0.0909. The maximum atomic E-state index is 4.35. The molecule has 0 atom stereocenters. The number of hydrogen-bond donors (Lipinski definition) is 1. The topological polar surface area (TPSA) is 41.6 Å². The van der Waals surface area contributed by atoms with Crippen molar-refractivity contribution >= 4 is 33.6 Å². The fourth-order valence-corrected chi connectivity index (χ4v) is 2.06. The summed E-state index contributed by atoms with van der Waals surface area (Å²) in [7, 11) is 0. The second-order valence-corrected chi connectivity index (χ2v) is 4.10. The normalized spacial score (nSPS) is 11.3. The molecule has 0 unspecified atom stereocenters. The predicted octanol–water partition coefficient (Wildman–Crippen LogP) is 2.83. The molecule has 3 nitrogen and oxygen atoms in total. The molecule has 2 aromatic heterocycles. The molecule has 3 aromatic rings. The van der Waals surface area contributed by atoms with Gasteiger partial charge in [-0.15, -0.1) is 0 Å². The molecule has 15 heavy (non-hydrogen) atoms. The Labute approximate surface area is 90.9 Å². The Bertz CT molecular complexity index is 630. The Morgan fingerprint density at radius 3 is 2.87 bits per heavy atom. The van der Waals surface area contributed by atoms with Crippen LogP contribution in [0.2, 0.25) is 0 Å². The van der Waals surface area contributed by atoms with E-state index in [0.717, 1.165) is 27.0 Å². The van der Waals surface area contributed by atoms with Crippen LogP contribution in [0.4, 0.5) is 0 Å². The standard InChI is InChI=1S/C11H9N3S/c1-15-11-13-6-8-3-2-7-4-5-12-9(7)10(8)14-11/h2-6H,1H3,(H,13,14). The van der Waals surface area contributed by atoms with E-state index in [9.17, 15) is 0 Å². The maximum Gasteiger partial charge on any atom is 0.165 e. The summed E-state index contributed by atoms with van der Waals surface area (Å²) < 4.78 is 0. The summed E-state index contributed by atoms with van der Waals surface area (Å²) in [5, 5.41) is 3.18. The van der Waals surface area contributed by atoms with Gasteiger partial charge in [-0.1, -0.05) is 23.9 Å². The van der Waals surface area contributed by atoms with Crippen molar-refractivity contribution in [2.75, 3.05) is 6.26 Å². The average Bonchev–Trinajstić information content (AvgIpc) is 2.76. The Morgan fingerprint density at radius 2 is 2.00 bits per heavy atom. The number of fused-ring (bicyclic) bond motifs is 3. The second-order valence-electron chi connectivity index (χ2n) is 3.30. The first-order valence-electron chi connectivity index (χ1n) is 4.65. The van der Waals surface area contributed by atoms with E-state index in [1.807, 2.05) is 24.7 Å². The van der Waals surface area contributed by atoms with Crippen molar-refractivity contribution in [1.29, 1.82) is 0 Å². The highest BCUT2D eigenvalue weighted by molar-refractivity contribution is 7.98. The van der Waals surface area contributed by atoms with Crippen LogP contribution < -0.4 is 0 Å². The molecule has 3 rings (SSSR count). The minimum atomic E-state index is 0.915. The lowest BCUT2D eigenvalue weighted by atomic mass is 10.2. The SMILES string of the molecule is CSc1ncc2ccc3ccnc3c2[nH]1. The van der Waals surface area contributed by atoms with Gasteiger partial charge < -0.3 is 4.98 Å². The summed E-state index contributed by atoms with van der Waals surface area (Å²) in [6, 6.07) is 6.15. The van der Waals surface area contributed by atoms with Gasteiger partial charge in [-0.05, 0) is 12.3 Å². The van der Waals surface area contributed by atoms with Crippen molar-refractivity contribution in [1.82, 2.24) is 15.0 Å². The third-order valence-electron chi connectivity index (χ3n) is 2.45. The summed E-state index contributed by atoms with van der Waals surface area (Å²) in [4.78, 5) is 11.9. The Morgan fingerprint density at radius 1 is 1.13 bits per heavy atom. The van der Waals surface area contributed by atoms with E-state index >= 15 is 0 Å². The van der Waals surface area contributed by atoms with Crippen LogP contribution >= 0.6 is 11.8 Å². The van der Waals surface area contributed by atoms with Crippen molar-refractivity contribution in [2.45, 2.75) is 5.16 Å². The van der Waals surface area contributed by atoms with Gasteiger partial charge in [0.25, 0.3) is 0 Å². The zero-order chi connectivity index (χ0) is 10.3. The average molecular weight is 215 g/mol. The first-order chi connectivity index (χ1) is 7.38. The number of nitrogens with zero attached hydrogens (tertiary/aromatic N) is 2. The molecule has 0 aliphatic heterocycles. The van der Waals surface area contributed by atoms with E-state index in [1.54, 1.807) is 11.8 Å². The van der Waals surface area contributed by atoms with Gasteiger partial charge >= 0.3 is 0 Å². The molecule has 0 aliphatic rings. The molecule has 0 amide bonds. The van der Waals surface area contributed by atoms with Crippen LogP contribution in [0, 0.1) is 0 Å². The van der Waals surface area contributed by atoms with E-state index in [2.05, 4.69) is 27.1 Å². The van der Waals surface area contributed by atoms with Crippen LogP contribution in [0.5, 0.6) is 0 Å². The van der Waals surface area contributed by atoms with Gasteiger partial charge in [-0.2, -0.15) is 0 Å². The van der Waals surface area contributed by atoms with Crippen molar-refractivity contribution in [3.63, 3.8) is 0 Å². The van der Waals surface area contributed by atoms with Crippen molar-refractivity contribution in [3.05, 3.63) is 30.6 Å². The van der Waals surface area contributed by atoms with Gasteiger partial charge in [0.1, 0.15) is 0 Å². The lowest BCUT2D eigenvalue weighted by Gasteiger charge is -2.01. The van der Waals surface area contributed by atoms with Crippen molar-refractivity contribution in [2.24, 2.45) is 0 Å². The number of nitrogens with one attached hydrogen (secondary N) is 1. The van der Waals surface area contributed by atoms with Gasteiger partial charge in [0.15, 0.2) is 5.16 Å². The summed E-state index contributed by atoms with van der Waals surface area (Å²) in [5.41, 5.74) is 2.09. The summed E-state index contributed by atoms with van der Waals surface area (Å²) in [5.74, 6) is 0. The highest BCUT2D eigenvalue weighted by atomic mass is 32.2. The lowest BCUT2D eigenvalue weighted by Crippen LogP contribution is -1.87. The molecule has 0 aliphatic carbocycles. The van der Waals surface area contributed by atoms with Gasteiger partial charge in [-0.3, -0.25) is 4.98 Å². The minimum absolute atomic E-state index is 0.915. The molecule has 0 saturated carbocycles.